The lowest BCUT2D eigenvalue weighted by Gasteiger charge is -2.19. The first kappa shape index (κ1) is 18.9. The number of carbonyl (C=O) groups is 1. The van der Waals surface area contributed by atoms with Crippen LogP contribution in [0.3, 0.4) is 0 Å². The quantitative estimate of drug-likeness (QED) is 0.474. The molecule has 4 heterocycles. The number of carbonyl (C=O) groups excluding carboxylic acids is 1. The Hall–Kier alpha value is -3.43. The van der Waals surface area contributed by atoms with Crippen molar-refractivity contribution in [2.45, 2.75) is 33.2 Å². The number of esters is 1. The van der Waals surface area contributed by atoms with Gasteiger partial charge in [-0.15, -0.1) is 5.10 Å². The van der Waals surface area contributed by atoms with E-state index in [1.165, 1.54) is 0 Å². The Kier molecular flexibility index (Phi) is 4.91. The van der Waals surface area contributed by atoms with Gasteiger partial charge in [0.1, 0.15) is 6.04 Å². The van der Waals surface area contributed by atoms with Gasteiger partial charge in [-0.05, 0) is 31.4 Å². The molecule has 0 bridgehead atoms. The van der Waals surface area contributed by atoms with E-state index in [1.807, 2.05) is 27.1 Å². The highest BCUT2D eigenvalue weighted by molar-refractivity contribution is 5.90. The summed E-state index contributed by atoms with van der Waals surface area (Å²) >= 11 is 0. The molecule has 0 aromatic carbocycles. The highest BCUT2D eigenvalue weighted by Crippen LogP contribution is 2.24. The Labute approximate surface area is 166 Å². The molecule has 1 atom stereocenters. The number of rotatable bonds is 7. The normalized spacial score (nSPS) is 12.7. The third-order valence-electron chi connectivity index (χ3n) is 4.39. The average Bonchev–Trinajstić information content (AvgIpc) is 3.39. The molecule has 4 aromatic rings. The van der Waals surface area contributed by atoms with Gasteiger partial charge >= 0.3 is 5.97 Å². The summed E-state index contributed by atoms with van der Waals surface area (Å²) in [6.45, 7) is 6.18. The molecule has 4 aromatic heterocycles. The Balaban J connectivity index is 1.84. The summed E-state index contributed by atoms with van der Waals surface area (Å²) in [6.07, 6.45) is 3.98. The van der Waals surface area contributed by atoms with Gasteiger partial charge in [0.25, 0.3) is 0 Å². The van der Waals surface area contributed by atoms with Crippen LogP contribution in [0, 0.1) is 5.92 Å². The van der Waals surface area contributed by atoms with Crippen LogP contribution in [0.2, 0.25) is 0 Å². The first-order valence-corrected chi connectivity index (χ1v) is 9.53. The molecule has 0 fully saturated rings. The molecule has 0 spiro atoms. The lowest BCUT2D eigenvalue weighted by molar-refractivity contribution is -0.144. The Morgan fingerprint density at radius 1 is 1.31 bits per heavy atom. The second kappa shape index (κ2) is 7.53. The minimum absolute atomic E-state index is 0.278. The number of nitrogens with one attached hydrogen (secondary N) is 1. The van der Waals surface area contributed by atoms with Crippen LogP contribution in [-0.2, 0) is 16.6 Å². The number of aromatic nitrogens is 6. The maximum Gasteiger partial charge on any atom is 0.328 e. The molecule has 0 aliphatic carbocycles. The van der Waals surface area contributed by atoms with Crippen LogP contribution in [-0.4, -0.2) is 48.0 Å². The third kappa shape index (κ3) is 3.65. The summed E-state index contributed by atoms with van der Waals surface area (Å²) in [5.74, 6) is 1.29. The zero-order valence-corrected chi connectivity index (χ0v) is 16.8. The first-order chi connectivity index (χ1) is 14.0. The van der Waals surface area contributed by atoms with Crippen LogP contribution in [0.1, 0.15) is 27.2 Å². The van der Waals surface area contributed by atoms with E-state index in [1.54, 1.807) is 34.5 Å². The largest absolute Gasteiger partial charge is 0.464 e. The zero-order valence-electron chi connectivity index (χ0n) is 16.8. The van der Waals surface area contributed by atoms with Crippen LogP contribution in [0.25, 0.3) is 28.3 Å². The predicted octanol–water partition coefficient (Wildman–Crippen LogP) is 2.66. The third-order valence-corrected chi connectivity index (χ3v) is 4.39. The van der Waals surface area contributed by atoms with Gasteiger partial charge in [-0.2, -0.15) is 14.6 Å². The molecule has 0 aliphatic heterocycles. The van der Waals surface area contributed by atoms with E-state index in [4.69, 9.17) is 9.15 Å². The number of hydrogen-bond donors (Lipinski definition) is 1. The lowest BCUT2D eigenvalue weighted by Crippen LogP contribution is -2.34. The first-order valence-electron chi connectivity index (χ1n) is 9.53. The molecule has 10 heteroatoms. The molecule has 10 nitrogen and oxygen atoms in total. The summed E-state index contributed by atoms with van der Waals surface area (Å²) in [4.78, 5) is 21.7. The molecular weight excluding hydrogens is 374 g/mol. The minimum atomic E-state index is -0.567. The molecule has 1 N–H and O–H groups in total. The van der Waals surface area contributed by atoms with E-state index in [0.717, 1.165) is 5.39 Å². The highest BCUT2D eigenvalue weighted by Gasteiger charge is 2.25. The molecule has 0 saturated carbocycles. The summed E-state index contributed by atoms with van der Waals surface area (Å²) in [5.41, 5.74) is 1.08. The molecule has 0 aliphatic rings. The standard InChI is InChI=1S/C19H23N7O3/c1-5-28-18(27)13(9-11(2)3)20-19-22-15-12(10-25(4)23-15)17-21-16(24-26(17)19)14-7-6-8-29-14/h6-8,10-11,13H,5,9H2,1-4H3,(H,20,22,23). The summed E-state index contributed by atoms with van der Waals surface area (Å²) in [5, 5.41) is 12.9. The Morgan fingerprint density at radius 3 is 2.83 bits per heavy atom. The van der Waals surface area contributed by atoms with Gasteiger partial charge in [0.15, 0.2) is 17.1 Å². The number of anilines is 1. The van der Waals surface area contributed by atoms with Crippen molar-refractivity contribution in [1.29, 1.82) is 0 Å². The number of nitrogens with zero attached hydrogens (tertiary/aromatic N) is 6. The number of aryl methyl sites for hydroxylation is 1. The van der Waals surface area contributed by atoms with Crippen LogP contribution in [0.4, 0.5) is 5.95 Å². The molecule has 0 amide bonds. The summed E-state index contributed by atoms with van der Waals surface area (Å²) in [6, 6.07) is 3.00. The second-order valence-electron chi connectivity index (χ2n) is 7.20. The Bertz CT molecular complexity index is 1140. The van der Waals surface area contributed by atoms with Gasteiger partial charge in [-0.3, -0.25) is 4.68 Å². The fourth-order valence-corrected chi connectivity index (χ4v) is 3.19. The number of hydrogen-bond acceptors (Lipinski definition) is 8. The maximum atomic E-state index is 12.5. The van der Waals surface area contributed by atoms with Crippen molar-refractivity contribution >= 4 is 28.6 Å². The second-order valence-corrected chi connectivity index (χ2v) is 7.20. The van der Waals surface area contributed by atoms with Crippen LogP contribution < -0.4 is 5.32 Å². The van der Waals surface area contributed by atoms with Crippen molar-refractivity contribution in [3.8, 4) is 11.6 Å². The van der Waals surface area contributed by atoms with Crippen LogP contribution in [0.5, 0.6) is 0 Å². The maximum absolute atomic E-state index is 12.5. The van der Waals surface area contributed by atoms with Gasteiger partial charge in [-0.25, -0.2) is 9.78 Å². The Morgan fingerprint density at radius 2 is 2.14 bits per heavy atom. The van der Waals surface area contributed by atoms with Crippen molar-refractivity contribution in [2.24, 2.45) is 13.0 Å². The molecule has 0 radical (unpaired) electrons. The van der Waals surface area contributed by atoms with E-state index in [2.05, 4.69) is 25.5 Å². The average molecular weight is 397 g/mol. The number of fused-ring (bicyclic) bond motifs is 3. The number of ether oxygens (including phenoxy) is 1. The van der Waals surface area contributed by atoms with Crippen molar-refractivity contribution in [3.63, 3.8) is 0 Å². The van der Waals surface area contributed by atoms with Crippen LogP contribution >= 0.6 is 0 Å². The smallest absolute Gasteiger partial charge is 0.328 e. The van der Waals surface area contributed by atoms with E-state index in [9.17, 15) is 4.79 Å². The monoisotopic (exact) mass is 397 g/mol. The van der Waals surface area contributed by atoms with Gasteiger partial charge < -0.3 is 14.5 Å². The fraction of sp³-hybridized carbons (Fsp3) is 0.421. The van der Waals surface area contributed by atoms with Crippen LogP contribution in [0.15, 0.2) is 29.0 Å². The van der Waals surface area contributed by atoms with Gasteiger partial charge in [0, 0.05) is 13.2 Å². The number of furan rings is 1. The SMILES string of the molecule is CCOC(=O)C(CC(C)C)Nc1nc2nn(C)cc2c2nc(-c3ccco3)nn12. The van der Waals surface area contributed by atoms with E-state index in [0.29, 0.717) is 41.9 Å². The van der Waals surface area contributed by atoms with Crippen molar-refractivity contribution in [2.75, 3.05) is 11.9 Å². The van der Waals surface area contributed by atoms with Gasteiger partial charge in [0.05, 0.1) is 18.3 Å². The van der Waals surface area contributed by atoms with Crippen molar-refractivity contribution in [1.82, 2.24) is 29.4 Å². The van der Waals surface area contributed by atoms with E-state index >= 15 is 0 Å². The van der Waals surface area contributed by atoms with Gasteiger partial charge in [-0.1, -0.05) is 13.8 Å². The van der Waals surface area contributed by atoms with Crippen molar-refractivity contribution in [3.05, 3.63) is 24.6 Å². The van der Waals surface area contributed by atoms with Gasteiger partial charge in [0.2, 0.25) is 11.8 Å². The zero-order chi connectivity index (χ0) is 20.5. The summed E-state index contributed by atoms with van der Waals surface area (Å²) < 4.78 is 13.9. The minimum Gasteiger partial charge on any atom is -0.464 e. The highest BCUT2D eigenvalue weighted by atomic mass is 16.5. The van der Waals surface area contributed by atoms with E-state index < -0.39 is 6.04 Å². The molecular formula is C19H23N7O3. The molecule has 0 saturated heterocycles. The predicted molar refractivity (Wildman–Crippen MR) is 106 cm³/mol. The fourth-order valence-electron chi connectivity index (χ4n) is 3.19. The van der Waals surface area contributed by atoms with E-state index in [-0.39, 0.29) is 11.9 Å². The topological polar surface area (TPSA) is 112 Å². The molecule has 1 unspecified atom stereocenters. The molecule has 29 heavy (non-hydrogen) atoms. The summed E-state index contributed by atoms with van der Waals surface area (Å²) in [7, 11) is 1.81. The van der Waals surface area contributed by atoms with Crippen molar-refractivity contribution < 1.29 is 13.9 Å². The lowest BCUT2D eigenvalue weighted by atomic mass is 10.0. The molecule has 152 valence electrons. The molecule has 4 rings (SSSR count).